The lowest BCUT2D eigenvalue weighted by Gasteiger charge is -2.09. The summed E-state index contributed by atoms with van der Waals surface area (Å²) in [5, 5.41) is 5.94. The SMILES string of the molecule is Cc1ccc(NC(=O)c2ccc(NCc3ccccc3F)cn2)cc1C. The third-order valence-corrected chi connectivity index (χ3v) is 4.20. The van der Waals surface area contributed by atoms with E-state index in [1.54, 1.807) is 36.5 Å². The van der Waals surface area contributed by atoms with Crippen LogP contribution in [0.25, 0.3) is 0 Å². The molecule has 0 aliphatic carbocycles. The second-order valence-electron chi connectivity index (χ2n) is 6.13. The molecule has 2 N–H and O–H groups in total. The molecule has 3 aromatic rings. The van der Waals surface area contributed by atoms with Crippen molar-refractivity contribution in [3.63, 3.8) is 0 Å². The summed E-state index contributed by atoms with van der Waals surface area (Å²) in [6.07, 6.45) is 1.57. The fourth-order valence-electron chi connectivity index (χ4n) is 2.49. The van der Waals surface area contributed by atoms with E-state index in [1.807, 2.05) is 32.0 Å². The molecule has 3 rings (SSSR count). The number of hydrogen-bond donors (Lipinski definition) is 2. The van der Waals surface area contributed by atoms with E-state index in [0.29, 0.717) is 17.8 Å². The van der Waals surface area contributed by atoms with Crippen LogP contribution < -0.4 is 10.6 Å². The van der Waals surface area contributed by atoms with Crippen LogP contribution in [0, 0.1) is 19.7 Å². The standard InChI is InChI=1S/C21H20FN3O/c1-14-7-8-17(11-15(14)2)25-21(26)20-10-9-18(13-24-20)23-12-16-5-3-4-6-19(16)22/h3-11,13,23H,12H2,1-2H3,(H,25,26). The highest BCUT2D eigenvalue weighted by Gasteiger charge is 2.08. The fraction of sp³-hybridized carbons (Fsp3) is 0.143. The number of amides is 1. The van der Waals surface area contributed by atoms with Crippen LogP contribution in [0.4, 0.5) is 15.8 Å². The van der Waals surface area contributed by atoms with Crippen LogP contribution in [0.2, 0.25) is 0 Å². The lowest BCUT2D eigenvalue weighted by atomic mass is 10.1. The van der Waals surface area contributed by atoms with Crippen molar-refractivity contribution in [2.45, 2.75) is 20.4 Å². The molecule has 0 saturated heterocycles. The molecule has 0 bridgehead atoms. The van der Waals surface area contributed by atoms with Gasteiger partial charge in [0.1, 0.15) is 11.5 Å². The number of anilines is 2. The van der Waals surface area contributed by atoms with Gasteiger partial charge in [-0.25, -0.2) is 9.37 Å². The largest absolute Gasteiger partial charge is 0.380 e. The average molecular weight is 349 g/mol. The minimum absolute atomic E-state index is 0.252. The summed E-state index contributed by atoms with van der Waals surface area (Å²) in [6.45, 7) is 4.37. The van der Waals surface area contributed by atoms with Crippen molar-refractivity contribution in [3.8, 4) is 0 Å². The Morgan fingerprint density at radius 2 is 1.77 bits per heavy atom. The Bertz CT molecular complexity index is 923. The number of pyridine rings is 1. The van der Waals surface area contributed by atoms with Gasteiger partial charge in [0, 0.05) is 17.8 Å². The van der Waals surface area contributed by atoms with E-state index < -0.39 is 0 Å². The highest BCUT2D eigenvalue weighted by molar-refractivity contribution is 6.03. The van der Waals surface area contributed by atoms with E-state index in [4.69, 9.17) is 0 Å². The van der Waals surface area contributed by atoms with Crippen molar-refractivity contribution < 1.29 is 9.18 Å². The second kappa shape index (κ2) is 7.78. The molecule has 4 nitrogen and oxygen atoms in total. The lowest BCUT2D eigenvalue weighted by Crippen LogP contribution is -2.14. The molecule has 26 heavy (non-hydrogen) atoms. The first-order valence-electron chi connectivity index (χ1n) is 8.35. The van der Waals surface area contributed by atoms with Gasteiger partial charge < -0.3 is 10.6 Å². The number of halogens is 1. The van der Waals surface area contributed by atoms with Crippen molar-refractivity contribution >= 4 is 17.3 Å². The smallest absolute Gasteiger partial charge is 0.274 e. The predicted octanol–water partition coefficient (Wildman–Crippen LogP) is 4.70. The Morgan fingerprint density at radius 3 is 2.46 bits per heavy atom. The van der Waals surface area contributed by atoms with Crippen LogP contribution >= 0.6 is 0 Å². The maximum Gasteiger partial charge on any atom is 0.274 e. The summed E-state index contributed by atoms with van der Waals surface area (Å²) in [4.78, 5) is 16.5. The van der Waals surface area contributed by atoms with Crippen molar-refractivity contribution in [1.29, 1.82) is 0 Å². The molecule has 0 atom stereocenters. The molecular formula is C21H20FN3O. The molecule has 0 unspecified atom stereocenters. The van der Waals surface area contributed by atoms with E-state index in [0.717, 1.165) is 16.9 Å². The molecule has 132 valence electrons. The van der Waals surface area contributed by atoms with Gasteiger partial charge in [-0.2, -0.15) is 0 Å². The van der Waals surface area contributed by atoms with Crippen molar-refractivity contribution in [3.05, 3.63) is 89.0 Å². The molecule has 0 spiro atoms. The third-order valence-electron chi connectivity index (χ3n) is 4.20. The first kappa shape index (κ1) is 17.6. The molecule has 0 fully saturated rings. The van der Waals surface area contributed by atoms with Gasteiger partial charge in [-0.05, 0) is 55.3 Å². The summed E-state index contributed by atoms with van der Waals surface area (Å²) in [5.41, 5.74) is 4.64. The second-order valence-corrected chi connectivity index (χ2v) is 6.13. The number of nitrogens with one attached hydrogen (secondary N) is 2. The van der Waals surface area contributed by atoms with Crippen LogP contribution in [0.15, 0.2) is 60.8 Å². The van der Waals surface area contributed by atoms with Crippen molar-refractivity contribution in [2.24, 2.45) is 0 Å². The predicted molar refractivity (Wildman–Crippen MR) is 102 cm³/mol. The molecule has 1 amide bonds. The van der Waals surface area contributed by atoms with Gasteiger partial charge in [-0.1, -0.05) is 24.3 Å². The van der Waals surface area contributed by atoms with Crippen LogP contribution in [-0.2, 0) is 6.54 Å². The Morgan fingerprint density at radius 1 is 1.00 bits per heavy atom. The Kier molecular flexibility index (Phi) is 5.27. The minimum Gasteiger partial charge on any atom is -0.380 e. The first-order chi connectivity index (χ1) is 12.5. The number of hydrogen-bond acceptors (Lipinski definition) is 3. The van der Waals surface area contributed by atoms with Gasteiger partial charge in [0.25, 0.3) is 5.91 Å². The van der Waals surface area contributed by atoms with Crippen LogP contribution in [-0.4, -0.2) is 10.9 Å². The number of aromatic nitrogens is 1. The molecule has 0 aliphatic heterocycles. The van der Waals surface area contributed by atoms with Crippen molar-refractivity contribution in [1.82, 2.24) is 4.98 Å². The normalized spacial score (nSPS) is 10.4. The molecule has 0 saturated carbocycles. The Labute approximate surface area is 152 Å². The average Bonchev–Trinajstić information content (AvgIpc) is 2.64. The molecule has 2 aromatic carbocycles. The van der Waals surface area contributed by atoms with E-state index in [-0.39, 0.29) is 11.7 Å². The fourth-order valence-corrected chi connectivity index (χ4v) is 2.49. The molecule has 1 heterocycles. The lowest BCUT2D eigenvalue weighted by molar-refractivity contribution is 0.102. The highest BCUT2D eigenvalue weighted by Crippen LogP contribution is 2.16. The number of aryl methyl sites for hydroxylation is 2. The maximum absolute atomic E-state index is 13.6. The van der Waals surface area contributed by atoms with Gasteiger partial charge in [0.2, 0.25) is 0 Å². The summed E-state index contributed by atoms with van der Waals surface area (Å²) in [5.74, 6) is -0.522. The number of benzene rings is 2. The zero-order valence-electron chi connectivity index (χ0n) is 14.7. The van der Waals surface area contributed by atoms with Crippen LogP contribution in [0.3, 0.4) is 0 Å². The molecule has 0 aliphatic rings. The molecule has 1 aromatic heterocycles. The first-order valence-corrected chi connectivity index (χ1v) is 8.35. The summed E-state index contributed by atoms with van der Waals surface area (Å²) >= 11 is 0. The van der Waals surface area contributed by atoms with Gasteiger partial charge in [0.05, 0.1) is 11.9 Å². The minimum atomic E-state index is -0.270. The van der Waals surface area contributed by atoms with Gasteiger partial charge in [0.15, 0.2) is 0 Å². The Balaban J connectivity index is 1.62. The van der Waals surface area contributed by atoms with E-state index in [2.05, 4.69) is 15.6 Å². The quantitative estimate of drug-likeness (QED) is 0.702. The van der Waals surface area contributed by atoms with Crippen LogP contribution in [0.5, 0.6) is 0 Å². The monoisotopic (exact) mass is 349 g/mol. The van der Waals surface area contributed by atoms with E-state index >= 15 is 0 Å². The van der Waals surface area contributed by atoms with Crippen molar-refractivity contribution in [2.75, 3.05) is 10.6 Å². The van der Waals surface area contributed by atoms with Gasteiger partial charge in [-0.3, -0.25) is 4.79 Å². The summed E-state index contributed by atoms with van der Waals surface area (Å²) < 4.78 is 13.6. The molecular weight excluding hydrogens is 329 g/mol. The highest BCUT2D eigenvalue weighted by atomic mass is 19.1. The van der Waals surface area contributed by atoms with E-state index in [1.165, 1.54) is 11.6 Å². The Hall–Kier alpha value is -3.21. The summed E-state index contributed by atoms with van der Waals surface area (Å²) in [7, 11) is 0. The maximum atomic E-state index is 13.6. The number of nitrogens with zero attached hydrogens (tertiary/aromatic N) is 1. The summed E-state index contributed by atoms with van der Waals surface area (Å²) in [6, 6.07) is 15.7. The zero-order chi connectivity index (χ0) is 18.5. The number of carbonyl (C=O) groups excluding carboxylic acids is 1. The zero-order valence-corrected chi connectivity index (χ0v) is 14.7. The number of rotatable bonds is 5. The van der Waals surface area contributed by atoms with Gasteiger partial charge >= 0.3 is 0 Å². The molecule has 0 radical (unpaired) electrons. The topological polar surface area (TPSA) is 54.0 Å². The van der Waals surface area contributed by atoms with E-state index in [9.17, 15) is 9.18 Å². The molecule has 5 heteroatoms. The third kappa shape index (κ3) is 4.25. The van der Waals surface area contributed by atoms with Gasteiger partial charge in [-0.15, -0.1) is 0 Å². The number of carbonyl (C=O) groups is 1. The van der Waals surface area contributed by atoms with Crippen LogP contribution in [0.1, 0.15) is 27.2 Å².